The van der Waals surface area contributed by atoms with E-state index in [9.17, 15) is 5.11 Å². The maximum absolute atomic E-state index is 9.87. The van der Waals surface area contributed by atoms with Gasteiger partial charge in [-0.05, 0) is 44.7 Å². The molecule has 25 heavy (non-hydrogen) atoms. The van der Waals surface area contributed by atoms with Crippen molar-refractivity contribution in [3.8, 4) is 11.4 Å². The zero-order valence-electron chi connectivity index (χ0n) is 14.6. The van der Waals surface area contributed by atoms with E-state index in [-0.39, 0.29) is 12.1 Å². The van der Waals surface area contributed by atoms with Gasteiger partial charge in [0.05, 0.1) is 25.4 Å². The van der Waals surface area contributed by atoms with E-state index in [1.54, 1.807) is 12.4 Å². The van der Waals surface area contributed by atoms with Gasteiger partial charge in [-0.3, -0.25) is 4.98 Å². The summed E-state index contributed by atoms with van der Waals surface area (Å²) < 4.78 is 5.66. The van der Waals surface area contributed by atoms with Crippen molar-refractivity contribution in [3.63, 3.8) is 0 Å². The lowest BCUT2D eigenvalue weighted by Gasteiger charge is -2.38. The standard InChI is InChI=1S/C19H24N4O2/c1-13(24)11-15-12-25-10-9-23(15)19-16-3-2-4-17(16)21-18(22-19)14-5-7-20-8-6-14/h5-8,13,15,24H,2-4,9-12H2,1H3. The summed E-state index contributed by atoms with van der Waals surface area (Å²) in [6, 6.07) is 4.05. The lowest BCUT2D eigenvalue weighted by Crippen LogP contribution is -2.47. The molecule has 1 fully saturated rings. The summed E-state index contributed by atoms with van der Waals surface area (Å²) in [7, 11) is 0. The van der Waals surface area contributed by atoms with Crippen molar-refractivity contribution in [2.24, 2.45) is 0 Å². The van der Waals surface area contributed by atoms with Crippen LogP contribution >= 0.6 is 0 Å². The number of aliphatic hydroxyl groups is 1. The monoisotopic (exact) mass is 340 g/mol. The number of aliphatic hydroxyl groups excluding tert-OH is 1. The van der Waals surface area contributed by atoms with Gasteiger partial charge in [0.15, 0.2) is 5.82 Å². The summed E-state index contributed by atoms with van der Waals surface area (Å²) in [6.45, 7) is 3.96. The van der Waals surface area contributed by atoms with Crippen molar-refractivity contribution in [1.82, 2.24) is 15.0 Å². The van der Waals surface area contributed by atoms with E-state index in [4.69, 9.17) is 14.7 Å². The Bertz CT molecular complexity index is 736. The Kier molecular flexibility index (Phi) is 4.63. The smallest absolute Gasteiger partial charge is 0.161 e. The van der Waals surface area contributed by atoms with Crippen LogP contribution in [0, 0.1) is 0 Å². The zero-order valence-corrected chi connectivity index (χ0v) is 14.6. The Morgan fingerprint density at radius 3 is 2.92 bits per heavy atom. The molecule has 3 heterocycles. The molecule has 0 radical (unpaired) electrons. The van der Waals surface area contributed by atoms with Crippen LogP contribution in [-0.4, -0.2) is 52.0 Å². The van der Waals surface area contributed by atoms with Crippen LogP contribution in [0.5, 0.6) is 0 Å². The molecule has 0 spiro atoms. The number of morpholine rings is 1. The maximum Gasteiger partial charge on any atom is 0.161 e. The van der Waals surface area contributed by atoms with E-state index in [0.717, 1.165) is 43.0 Å². The number of hydrogen-bond acceptors (Lipinski definition) is 6. The molecule has 1 aliphatic heterocycles. The quantitative estimate of drug-likeness (QED) is 0.918. The Hall–Kier alpha value is -2.05. The molecule has 2 aromatic heterocycles. The molecule has 0 amide bonds. The minimum atomic E-state index is -0.358. The molecule has 1 saturated heterocycles. The number of aromatic nitrogens is 3. The molecule has 0 aromatic carbocycles. The van der Waals surface area contributed by atoms with Gasteiger partial charge in [0.25, 0.3) is 0 Å². The molecular formula is C19H24N4O2. The van der Waals surface area contributed by atoms with Crippen LogP contribution < -0.4 is 4.90 Å². The van der Waals surface area contributed by atoms with Gasteiger partial charge in [-0.2, -0.15) is 0 Å². The number of hydrogen-bond donors (Lipinski definition) is 1. The van der Waals surface area contributed by atoms with Crippen LogP contribution in [0.1, 0.15) is 31.0 Å². The van der Waals surface area contributed by atoms with Gasteiger partial charge in [0.1, 0.15) is 5.82 Å². The van der Waals surface area contributed by atoms with Gasteiger partial charge in [0, 0.05) is 35.8 Å². The van der Waals surface area contributed by atoms with Crippen molar-refractivity contribution in [1.29, 1.82) is 0 Å². The van der Waals surface area contributed by atoms with Crippen LogP contribution in [0.3, 0.4) is 0 Å². The summed E-state index contributed by atoms with van der Waals surface area (Å²) in [4.78, 5) is 16.2. The second kappa shape index (κ2) is 7.06. The van der Waals surface area contributed by atoms with Crippen LogP contribution in [0.4, 0.5) is 5.82 Å². The predicted octanol–water partition coefficient (Wildman–Crippen LogP) is 2.00. The Labute approximate surface area is 147 Å². The molecule has 132 valence electrons. The van der Waals surface area contributed by atoms with Crippen molar-refractivity contribution in [2.75, 3.05) is 24.7 Å². The number of anilines is 1. The molecule has 4 rings (SSSR count). The van der Waals surface area contributed by atoms with Crippen molar-refractivity contribution < 1.29 is 9.84 Å². The van der Waals surface area contributed by atoms with Crippen LogP contribution in [0.15, 0.2) is 24.5 Å². The second-order valence-corrected chi connectivity index (χ2v) is 6.89. The van der Waals surface area contributed by atoms with Gasteiger partial charge in [-0.1, -0.05) is 0 Å². The van der Waals surface area contributed by atoms with E-state index in [0.29, 0.717) is 19.6 Å². The molecular weight excluding hydrogens is 316 g/mol. The molecule has 0 bridgehead atoms. The first-order valence-electron chi connectivity index (χ1n) is 9.05. The first kappa shape index (κ1) is 16.4. The number of nitrogens with zero attached hydrogens (tertiary/aromatic N) is 4. The zero-order chi connectivity index (χ0) is 17.2. The predicted molar refractivity (Wildman–Crippen MR) is 95.5 cm³/mol. The van der Waals surface area contributed by atoms with Crippen LogP contribution in [0.25, 0.3) is 11.4 Å². The van der Waals surface area contributed by atoms with Crippen molar-refractivity contribution in [2.45, 2.75) is 44.8 Å². The molecule has 2 aromatic rings. The highest BCUT2D eigenvalue weighted by Crippen LogP contribution is 2.33. The summed E-state index contributed by atoms with van der Waals surface area (Å²) in [6.07, 6.45) is 7.04. The molecule has 6 nitrogen and oxygen atoms in total. The lowest BCUT2D eigenvalue weighted by molar-refractivity contribution is 0.0717. The normalized spacial score (nSPS) is 21.2. The molecule has 2 unspecified atom stereocenters. The van der Waals surface area contributed by atoms with E-state index < -0.39 is 0 Å². The van der Waals surface area contributed by atoms with E-state index >= 15 is 0 Å². The highest BCUT2D eigenvalue weighted by atomic mass is 16.5. The summed E-state index contributed by atoms with van der Waals surface area (Å²) in [5.74, 6) is 1.80. The molecule has 2 atom stereocenters. The lowest BCUT2D eigenvalue weighted by atomic mass is 10.1. The third kappa shape index (κ3) is 3.37. The third-order valence-electron chi connectivity index (χ3n) is 4.96. The minimum Gasteiger partial charge on any atom is -0.393 e. The highest BCUT2D eigenvalue weighted by molar-refractivity contribution is 5.61. The van der Waals surface area contributed by atoms with E-state index in [1.165, 1.54) is 11.3 Å². The number of aryl methyl sites for hydroxylation is 1. The largest absolute Gasteiger partial charge is 0.393 e. The molecule has 2 aliphatic rings. The van der Waals surface area contributed by atoms with Gasteiger partial charge in [-0.25, -0.2) is 9.97 Å². The average Bonchev–Trinajstić information content (AvgIpc) is 3.10. The molecule has 0 saturated carbocycles. The molecule has 6 heteroatoms. The fraction of sp³-hybridized carbons (Fsp3) is 0.526. The third-order valence-corrected chi connectivity index (χ3v) is 4.96. The summed E-state index contributed by atoms with van der Waals surface area (Å²) >= 11 is 0. The molecule has 1 N–H and O–H groups in total. The van der Waals surface area contributed by atoms with Crippen LogP contribution in [-0.2, 0) is 17.6 Å². The Morgan fingerprint density at radius 2 is 2.12 bits per heavy atom. The minimum absolute atomic E-state index is 0.152. The fourth-order valence-corrected chi connectivity index (χ4v) is 3.80. The molecule has 1 aliphatic carbocycles. The van der Waals surface area contributed by atoms with Crippen molar-refractivity contribution >= 4 is 5.82 Å². The van der Waals surface area contributed by atoms with E-state index in [1.807, 2.05) is 19.1 Å². The van der Waals surface area contributed by atoms with Gasteiger partial charge in [0.2, 0.25) is 0 Å². The number of rotatable bonds is 4. The second-order valence-electron chi connectivity index (χ2n) is 6.89. The highest BCUT2D eigenvalue weighted by Gasteiger charge is 2.30. The van der Waals surface area contributed by atoms with Gasteiger partial charge < -0.3 is 14.7 Å². The topological polar surface area (TPSA) is 71.4 Å². The first-order chi connectivity index (χ1) is 12.2. The number of fused-ring (bicyclic) bond motifs is 1. The van der Waals surface area contributed by atoms with Gasteiger partial charge in [-0.15, -0.1) is 0 Å². The van der Waals surface area contributed by atoms with E-state index in [2.05, 4.69) is 9.88 Å². The average molecular weight is 340 g/mol. The Balaban J connectivity index is 1.76. The fourth-order valence-electron chi connectivity index (χ4n) is 3.80. The number of ether oxygens (including phenoxy) is 1. The maximum atomic E-state index is 9.87. The van der Waals surface area contributed by atoms with Crippen molar-refractivity contribution in [3.05, 3.63) is 35.8 Å². The SMILES string of the molecule is CC(O)CC1COCCN1c1nc(-c2ccncc2)nc2c1CCC2. The summed E-state index contributed by atoms with van der Waals surface area (Å²) in [5.41, 5.74) is 3.43. The Morgan fingerprint density at radius 1 is 1.28 bits per heavy atom. The number of pyridine rings is 1. The van der Waals surface area contributed by atoms with Crippen LogP contribution in [0.2, 0.25) is 0 Å². The van der Waals surface area contributed by atoms with Gasteiger partial charge >= 0.3 is 0 Å². The first-order valence-corrected chi connectivity index (χ1v) is 9.05. The summed E-state index contributed by atoms with van der Waals surface area (Å²) in [5, 5.41) is 9.87.